The molecular formula is C16H18N4OS. The van der Waals surface area contributed by atoms with Crippen LogP contribution in [0.3, 0.4) is 0 Å². The van der Waals surface area contributed by atoms with Gasteiger partial charge in [0.05, 0.1) is 5.69 Å². The van der Waals surface area contributed by atoms with Crippen molar-refractivity contribution in [2.75, 3.05) is 6.54 Å². The lowest BCUT2D eigenvalue weighted by atomic mass is 10.2. The van der Waals surface area contributed by atoms with Gasteiger partial charge in [-0.15, -0.1) is 5.10 Å². The van der Waals surface area contributed by atoms with Gasteiger partial charge in [-0.3, -0.25) is 4.79 Å². The lowest BCUT2D eigenvalue weighted by Gasteiger charge is -2.09. The molecular weight excluding hydrogens is 296 g/mol. The molecule has 0 unspecified atom stereocenters. The molecule has 0 aliphatic rings. The van der Waals surface area contributed by atoms with Crippen molar-refractivity contribution in [2.24, 2.45) is 0 Å². The van der Waals surface area contributed by atoms with Crippen LogP contribution < -0.4 is 5.32 Å². The van der Waals surface area contributed by atoms with Crippen molar-refractivity contribution in [3.63, 3.8) is 0 Å². The molecule has 0 radical (unpaired) electrons. The number of nitrogens with one attached hydrogen (secondary N) is 1. The van der Waals surface area contributed by atoms with Gasteiger partial charge in [0.15, 0.2) is 0 Å². The molecule has 114 valence electrons. The number of hydrogen-bond donors (Lipinski definition) is 1. The Morgan fingerprint density at radius 1 is 1.32 bits per heavy atom. The number of aromatic nitrogens is 3. The molecule has 3 rings (SSSR count). The zero-order valence-corrected chi connectivity index (χ0v) is 13.5. The maximum atomic E-state index is 12.0. The molecule has 0 bridgehead atoms. The quantitative estimate of drug-likeness (QED) is 0.737. The second-order valence-corrected chi connectivity index (χ2v) is 6.05. The van der Waals surface area contributed by atoms with Crippen molar-refractivity contribution in [2.45, 2.75) is 26.8 Å². The Morgan fingerprint density at radius 3 is 2.91 bits per heavy atom. The van der Waals surface area contributed by atoms with E-state index < -0.39 is 0 Å². The predicted octanol–water partition coefficient (Wildman–Crippen LogP) is 2.93. The zero-order chi connectivity index (χ0) is 15.5. The van der Waals surface area contributed by atoms with E-state index in [-0.39, 0.29) is 5.91 Å². The van der Waals surface area contributed by atoms with E-state index in [1.54, 1.807) is 6.92 Å². The van der Waals surface area contributed by atoms with Gasteiger partial charge in [-0.2, -0.15) is 0 Å². The third-order valence-electron chi connectivity index (χ3n) is 3.72. The molecule has 0 saturated carbocycles. The van der Waals surface area contributed by atoms with Gasteiger partial charge in [0.25, 0.3) is 5.91 Å². The average Bonchev–Trinajstić information content (AvgIpc) is 3.07. The molecule has 6 heteroatoms. The highest BCUT2D eigenvalue weighted by atomic mass is 32.1. The predicted molar refractivity (Wildman–Crippen MR) is 88.3 cm³/mol. The number of nitrogens with zero attached hydrogens (tertiary/aromatic N) is 3. The fourth-order valence-corrected chi connectivity index (χ4v) is 3.18. The van der Waals surface area contributed by atoms with Crippen molar-refractivity contribution in [3.05, 3.63) is 46.6 Å². The van der Waals surface area contributed by atoms with Crippen LogP contribution in [0.5, 0.6) is 0 Å². The number of rotatable bonds is 5. The first-order chi connectivity index (χ1) is 10.7. The van der Waals surface area contributed by atoms with Crippen molar-refractivity contribution >= 4 is 28.3 Å². The van der Waals surface area contributed by atoms with Gasteiger partial charge in [0, 0.05) is 24.3 Å². The van der Waals surface area contributed by atoms with Gasteiger partial charge in [0.2, 0.25) is 0 Å². The topological polar surface area (TPSA) is 59.8 Å². The summed E-state index contributed by atoms with van der Waals surface area (Å²) in [4.78, 5) is 12.6. The van der Waals surface area contributed by atoms with Crippen molar-refractivity contribution in [1.82, 2.24) is 19.5 Å². The SMILES string of the molecule is Cc1nnsc1C(=O)NCCCn1c(C)cc2ccccc21. The Balaban J connectivity index is 1.58. The number of aryl methyl sites for hydroxylation is 3. The van der Waals surface area contributed by atoms with Crippen LogP contribution in [0, 0.1) is 13.8 Å². The molecule has 1 aromatic carbocycles. The largest absolute Gasteiger partial charge is 0.351 e. The first kappa shape index (κ1) is 14.7. The van der Waals surface area contributed by atoms with Crippen LogP contribution in [-0.2, 0) is 6.54 Å². The van der Waals surface area contributed by atoms with Crippen LogP contribution in [-0.4, -0.2) is 26.6 Å². The summed E-state index contributed by atoms with van der Waals surface area (Å²) in [7, 11) is 0. The number of benzene rings is 1. The second-order valence-electron chi connectivity index (χ2n) is 5.29. The van der Waals surface area contributed by atoms with Gasteiger partial charge < -0.3 is 9.88 Å². The summed E-state index contributed by atoms with van der Waals surface area (Å²) in [5.41, 5.74) is 3.18. The highest BCUT2D eigenvalue weighted by Crippen LogP contribution is 2.19. The number of amides is 1. The van der Waals surface area contributed by atoms with Gasteiger partial charge >= 0.3 is 0 Å². The fourth-order valence-electron chi connectivity index (χ4n) is 2.60. The number of hydrogen-bond acceptors (Lipinski definition) is 4. The number of fused-ring (bicyclic) bond motifs is 1. The van der Waals surface area contributed by atoms with Gasteiger partial charge in [-0.25, -0.2) is 0 Å². The van der Waals surface area contributed by atoms with E-state index >= 15 is 0 Å². The second kappa shape index (κ2) is 6.27. The molecule has 0 aliphatic carbocycles. The van der Waals surface area contributed by atoms with E-state index in [9.17, 15) is 4.79 Å². The summed E-state index contributed by atoms with van der Waals surface area (Å²) in [5, 5.41) is 8.05. The maximum Gasteiger partial charge on any atom is 0.264 e. The van der Waals surface area contributed by atoms with Crippen LogP contribution in [0.1, 0.15) is 27.5 Å². The van der Waals surface area contributed by atoms with E-state index in [2.05, 4.69) is 56.7 Å². The van der Waals surface area contributed by atoms with Gasteiger partial charge in [-0.05, 0) is 49.3 Å². The normalized spacial score (nSPS) is 11.0. The molecule has 0 fully saturated rings. The molecule has 5 nitrogen and oxygen atoms in total. The molecule has 2 aromatic heterocycles. The van der Waals surface area contributed by atoms with Crippen LogP contribution >= 0.6 is 11.5 Å². The number of para-hydroxylation sites is 1. The first-order valence-corrected chi connectivity index (χ1v) is 8.06. The zero-order valence-electron chi connectivity index (χ0n) is 12.7. The molecule has 0 saturated heterocycles. The smallest absolute Gasteiger partial charge is 0.264 e. The lowest BCUT2D eigenvalue weighted by Crippen LogP contribution is -2.25. The Hall–Kier alpha value is -2.21. The van der Waals surface area contributed by atoms with Crippen molar-refractivity contribution in [3.8, 4) is 0 Å². The minimum Gasteiger partial charge on any atom is -0.351 e. The van der Waals surface area contributed by atoms with Crippen LogP contribution in [0.2, 0.25) is 0 Å². The molecule has 1 amide bonds. The summed E-state index contributed by atoms with van der Waals surface area (Å²) < 4.78 is 6.08. The number of carbonyl (C=O) groups is 1. The lowest BCUT2D eigenvalue weighted by molar-refractivity contribution is 0.0956. The van der Waals surface area contributed by atoms with Crippen LogP contribution in [0.15, 0.2) is 30.3 Å². The van der Waals surface area contributed by atoms with Crippen molar-refractivity contribution < 1.29 is 4.79 Å². The highest BCUT2D eigenvalue weighted by Gasteiger charge is 2.12. The molecule has 1 N–H and O–H groups in total. The summed E-state index contributed by atoms with van der Waals surface area (Å²) in [6.07, 6.45) is 0.885. The summed E-state index contributed by atoms with van der Waals surface area (Å²) in [6.45, 7) is 5.44. The summed E-state index contributed by atoms with van der Waals surface area (Å²) in [5.74, 6) is -0.0819. The van der Waals surface area contributed by atoms with E-state index in [1.807, 2.05) is 0 Å². The molecule has 0 spiro atoms. The minimum absolute atomic E-state index is 0.0819. The number of carbonyl (C=O) groups excluding carboxylic acids is 1. The molecule has 22 heavy (non-hydrogen) atoms. The van der Waals surface area contributed by atoms with E-state index in [0.29, 0.717) is 17.1 Å². The first-order valence-electron chi connectivity index (χ1n) is 7.29. The van der Waals surface area contributed by atoms with Gasteiger partial charge in [0.1, 0.15) is 4.88 Å². The minimum atomic E-state index is -0.0819. The van der Waals surface area contributed by atoms with E-state index in [4.69, 9.17) is 0 Å². The monoisotopic (exact) mass is 314 g/mol. The van der Waals surface area contributed by atoms with Crippen LogP contribution in [0.4, 0.5) is 0 Å². The Kier molecular flexibility index (Phi) is 4.20. The molecule has 2 heterocycles. The highest BCUT2D eigenvalue weighted by molar-refractivity contribution is 7.07. The van der Waals surface area contributed by atoms with Crippen LogP contribution in [0.25, 0.3) is 10.9 Å². The molecule has 3 aromatic rings. The third kappa shape index (κ3) is 2.87. The van der Waals surface area contributed by atoms with E-state index in [1.165, 1.54) is 16.6 Å². The summed E-state index contributed by atoms with van der Waals surface area (Å²) in [6, 6.07) is 10.6. The summed E-state index contributed by atoms with van der Waals surface area (Å²) >= 11 is 1.14. The standard InChI is InChI=1S/C16H18N4OS/c1-11-10-13-6-3-4-7-14(13)20(11)9-5-8-17-16(21)15-12(2)18-19-22-15/h3-4,6-7,10H,5,8-9H2,1-2H3,(H,17,21). The molecule has 0 atom stereocenters. The Labute approximate surface area is 133 Å². The molecule has 0 aliphatic heterocycles. The van der Waals surface area contributed by atoms with Gasteiger partial charge in [-0.1, -0.05) is 22.7 Å². The Bertz CT molecular complexity index is 805. The maximum absolute atomic E-state index is 12.0. The van der Waals surface area contributed by atoms with Crippen molar-refractivity contribution in [1.29, 1.82) is 0 Å². The Morgan fingerprint density at radius 2 is 2.14 bits per heavy atom. The fraction of sp³-hybridized carbons (Fsp3) is 0.312. The third-order valence-corrected chi connectivity index (χ3v) is 4.55. The average molecular weight is 314 g/mol. The van der Waals surface area contributed by atoms with E-state index in [0.717, 1.165) is 24.5 Å².